The monoisotopic (exact) mass is 305 g/mol. The quantitative estimate of drug-likeness (QED) is 0.847. The third-order valence-electron chi connectivity index (χ3n) is 3.05. The molecule has 2 rings (SSSR count). The standard InChI is InChI=1S/C15H19N3O2S/c1-13-9-10-15(18-17-13)12-16-21(19,20)11-5-8-14-6-3-2-4-7-14/h2-4,6-7,9-10,16H,5,8,11-12H2,1H3. The summed E-state index contributed by atoms with van der Waals surface area (Å²) in [7, 11) is -3.28. The minimum atomic E-state index is -3.28. The lowest BCUT2D eigenvalue weighted by Gasteiger charge is -2.06. The van der Waals surface area contributed by atoms with Crippen molar-refractivity contribution in [2.75, 3.05) is 5.75 Å². The second kappa shape index (κ2) is 7.28. The molecule has 0 saturated carbocycles. The van der Waals surface area contributed by atoms with Crippen LogP contribution in [0.4, 0.5) is 0 Å². The first-order valence-corrected chi connectivity index (χ1v) is 8.51. The Kier molecular flexibility index (Phi) is 5.41. The van der Waals surface area contributed by atoms with Crippen molar-refractivity contribution in [1.82, 2.24) is 14.9 Å². The highest BCUT2D eigenvalue weighted by atomic mass is 32.2. The molecule has 0 fully saturated rings. The van der Waals surface area contributed by atoms with Gasteiger partial charge in [0.25, 0.3) is 0 Å². The fraction of sp³-hybridized carbons (Fsp3) is 0.333. The first-order chi connectivity index (χ1) is 10.1. The van der Waals surface area contributed by atoms with Gasteiger partial charge >= 0.3 is 0 Å². The van der Waals surface area contributed by atoms with Gasteiger partial charge in [0, 0.05) is 0 Å². The number of aromatic nitrogens is 2. The summed E-state index contributed by atoms with van der Waals surface area (Å²) in [5.74, 6) is 0.112. The lowest BCUT2D eigenvalue weighted by atomic mass is 10.1. The predicted molar refractivity (Wildman–Crippen MR) is 82.2 cm³/mol. The summed E-state index contributed by atoms with van der Waals surface area (Å²) in [4.78, 5) is 0. The second-order valence-electron chi connectivity index (χ2n) is 4.90. The Morgan fingerprint density at radius 1 is 1.05 bits per heavy atom. The number of hydrogen-bond donors (Lipinski definition) is 1. The van der Waals surface area contributed by atoms with Gasteiger partial charge < -0.3 is 0 Å². The highest BCUT2D eigenvalue weighted by molar-refractivity contribution is 7.89. The van der Waals surface area contributed by atoms with E-state index in [1.807, 2.05) is 43.3 Å². The lowest BCUT2D eigenvalue weighted by molar-refractivity contribution is 0.577. The summed E-state index contributed by atoms with van der Waals surface area (Å²) in [6.07, 6.45) is 1.35. The van der Waals surface area contributed by atoms with Crippen LogP contribution >= 0.6 is 0 Å². The van der Waals surface area contributed by atoms with E-state index in [9.17, 15) is 8.42 Å². The van der Waals surface area contributed by atoms with Crippen LogP contribution in [0.2, 0.25) is 0 Å². The van der Waals surface area contributed by atoms with Crippen molar-refractivity contribution in [2.45, 2.75) is 26.3 Å². The highest BCUT2D eigenvalue weighted by Crippen LogP contribution is 2.04. The van der Waals surface area contributed by atoms with Crippen molar-refractivity contribution in [3.8, 4) is 0 Å². The number of rotatable bonds is 7. The molecule has 1 aromatic carbocycles. The largest absolute Gasteiger partial charge is 0.212 e. The molecule has 1 N–H and O–H groups in total. The molecule has 5 nitrogen and oxygen atoms in total. The maximum Gasteiger partial charge on any atom is 0.211 e. The number of hydrogen-bond acceptors (Lipinski definition) is 4. The summed E-state index contributed by atoms with van der Waals surface area (Å²) >= 11 is 0. The summed E-state index contributed by atoms with van der Waals surface area (Å²) < 4.78 is 26.4. The minimum absolute atomic E-state index is 0.112. The molecule has 0 saturated heterocycles. The van der Waals surface area contributed by atoms with Crippen molar-refractivity contribution >= 4 is 10.0 Å². The molecule has 112 valence electrons. The minimum Gasteiger partial charge on any atom is -0.212 e. The van der Waals surface area contributed by atoms with Crippen molar-refractivity contribution in [3.05, 3.63) is 59.4 Å². The fourth-order valence-corrected chi connectivity index (χ4v) is 2.92. The Bertz CT molecular complexity index is 655. The number of nitrogens with one attached hydrogen (secondary N) is 1. The molecule has 0 aliphatic heterocycles. The first kappa shape index (κ1) is 15.6. The van der Waals surface area contributed by atoms with E-state index in [0.717, 1.165) is 17.7 Å². The molecular weight excluding hydrogens is 286 g/mol. The van der Waals surface area contributed by atoms with Crippen molar-refractivity contribution in [1.29, 1.82) is 0 Å². The number of sulfonamides is 1. The van der Waals surface area contributed by atoms with Crippen LogP contribution in [0, 0.1) is 6.92 Å². The summed E-state index contributed by atoms with van der Waals surface area (Å²) in [5, 5.41) is 7.83. The van der Waals surface area contributed by atoms with Crippen LogP contribution in [0.1, 0.15) is 23.4 Å². The first-order valence-electron chi connectivity index (χ1n) is 6.86. The van der Waals surface area contributed by atoms with E-state index < -0.39 is 10.0 Å². The molecule has 0 amide bonds. The van der Waals surface area contributed by atoms with E-state index >= 15 is 0 Å². The average molecular weight is 305 g/mol. The Morgan fingerprint density at radius 2 is 1.81 bits per heavy atom. The highest BCUT2D eigenvalue weighted by Gasteiger charge is 2.10. The van der Waals surface area contributed by atoms with Crippen LogP contribution in [0.25, 0.3) is 0 Å². The van der Waals surface area contributed by atoms with Gasteiger partial charge in [-0.3, -0.25) is 0 Å². The predicted octanol–water partition coefficient (Wildman–Crippen LogP) is 1.84. The van der Waals surface area contributed by atoms with Crippen molar-refractivity contribution < 1.29 is 8.42 Å². The van der Waals surface area contributed by atoms with E-state index in [-0.39, 0.29) is 12.3 Å². The molecule has 0 aliphatic carbocycles. The molecule has 6 heteroatoms. The molecule has 1 aromatic heterocycles. The number of nitrogens with zero attached hydrogens (tertiary/aromatic N) is 2. The van der Waals surface area contributed by atoms with Gasteiger partial charge in [0.05, 0.1) is 23.7 Å². The van der Waals surface area contributed by atoms with Gasteiger partial charge in [0.2, 0.25) is 10.0 Å². The molecule has 1 heterocycles. The number of aryl methyl sites for hydroxylation is 2. The summed E-state index contributed by atoms with van der Waals surface area (Å²) in [5.41, 5.74) is 2.58. The van der Waals surface area contributed by atoms with E-state index in [2.05, 4.69) is 14.9 Å². The van der Waals surface area contributed by atoms with E-state index in [1.165, 1.54) is 0 Å². The molecule has 0 bridgehead atoms. The van der Waals surface area contributed by atoms with Gasteiger partial charge in [-0.15, -0.1) is 0 Å². The SMILES string of the molecule is Cc1ccc(CNS(=O)(=O)CCCc2ccccc2)nn1. The van der Waals surface area contributed by atoms with Gasteiger partial charge in [-0.2, -0.15) is 10.2 Å². The molecule has 0 radical (unpaired) electrons. The van der Waals surface area contributed by atoms with Gasteiger partial charge in [-0.1, -0.05) is 30.3 Å². The molecule has 0 unspecified atom stereocenters. The van der Waals surface area contributed by atoms with Crippen LogP contribution in [0.5, 0.6) is 0 Å². The summed E-state index contributed by atoms with van der Waals surface area (Å²) in [6.45, 7) is 2.02. The van der Waals surface area contributed by atoms with Crippen molar-refractivity contribution in [2.24, 2.45) is 0 Å². The second-order valence-corrected chi connectivity index (χ2v) is 6.82. The topological polar surface area (TPSA) is 72.0 Å². The molecule has 2 aromatic rings. The maximum absolute atomic E-state index is 11.9. The fourth-order valence-electron chi connectivity index (χ4n) is 1.89. The zero-order valence-electron chi connectivity index (χ0n) is 12.0. The van der Waals surface area contributed by atoms with E-state index in [0.29, 0.717) is 12.1 Å². The van der Waals surface area contributed by atoms with Crippen LogP contribution in [-0.2, 0) is 23.0 Å². The molecule has 0 spiro atoms. The Balaban J connectivity index is 1.78. The van der Waals surface area contributed by atoms with Crippen LogP contribution in [-0.4, -0.2) is 24.4 Å². The number of benzene rings is 1. The van der Waals surface area contributed by atoms with Crippen LogP contribution in [0.15, 0.2) is 42.5 Å². The van der Waals surface area contributed by atoms with E-state index in [4.69, 9.17) is 0 Å². The Hall–Kier alpha value is -1.79. The Morgan fingerprint density at radius 3 is 2.48 bits per heavy atom. The Labute approximate surface area is 125 Å². The van der Waals surface area contributed by atoms with Crippen LogP contribution in [0.3, 0.4) is 0 Å². The smallest absolute Gasteiger partial charge is 0.211 e. The maximum atomic E-state index is 11.9. The van der Waals surface area contributed by atoms with Gasteiger partial charge in [0.15, 0.2) is 0 Å². The lowest BCUT2D eigenvalue weighted by Crippen LogP contribution is -2.26. The molecule has 0 atom stereocenters. The third kappa shape index (κ3) is 5.61. The van der Waals surface area contributed by atoms with Crippen molar-refractivity contribution in [3.63, 3.8) is 0 Å². The zero-order chi connectivity index (χ0) is 15.1. The molecule has 21 heavy (non-hydrogen) atoms. The summed E-state index contributed by atoms with van der Waals surface area (Å²) in [6, 6.07) is 13.4. The average Bonchev–Trinajstić information content (AvgIpc) is 2.48. The zero-order valence-corrected chi connectivity index (χ0v) is 12.8. The van der Waals surface area contributed by atoms with Gasteiger partial charge in [-0.05, 0) is 37.5 Å². The molecule has 0 aliphatic rings. The molecular formula is C15H19N3O2S. The normalized spacial score (nSPS) is 11.5. The van der Waals surface area contributed by atoms with Gasteiger partial charge in [0.1, 0.15) is 0 Å². The van der Waals surface area contributed by atoms with Crippen LogP contribution < -0.4 is 4.72 Å². The van der Waals surface area contributed by atoms with Gasteiger partial charge in [-0.25, -0.2) is 13.1 Å². The third-order valence-corrected chi connectivity index (χ3v) is 4.46. The van der Waals surface area contributed by atoms with E-state index in [1.54, 1.807) is 6.07 Å².